The molecule has 21 heavy (non-hydrogen) atoms. The summed E-state index contributed by atoms with van der Waals surface area (Å²) < 4.78 is 3.24. The van der Waals surface area contributed by atoms with Crippen LogP contribution in [-0.4, -0.2) is 15.6 Å². The van der Waals surface area contributed by atoms with Crippen molar-refractivity contribution in [1.82, 2.24) is 14.9 Å². The van der Waals surface area contributed by atoms with Crippen LogP contribution in [0.1, 0.15) is 43.8 Å². The molecule has 3 atom stereocenters. The first-order chi connectivity index (χ1) is 10.1. The molecular formula is C16H19BrClN3. The molecule has 0 radical (unpaired) electrons. The molecule has 0 spiro atoms. The highest BCUT2D eigenvalue weighted by Crippen LogP contribution is 2.33. The van der Waals surface area contributed by atoms with Gasteiger partial charge in [-0.1, -0.05) is 33.6 Å². The summed E-state index contributed by atoms with van der Waals surface area (Å²) in [7, 11) is 0. The minimum absolute atomic E-state index is 0.236. The minimum Gasteiger partial charge on any atom is -0.333 e. The van der Waals surface area contributed by atoms with Crippen molar-refractivity contribution >= 4 is 27.5 Å². The van der Waals surface area contributed by atoms with Crippen molar-refractivity contribution < 1.29 is 0 Å². The first kappa shape index (κ1) is 15.1. The highest BCUT2D eigenvalue weighted by atomic mass is 79.9. The van der Waals surface area contributed by atoms with E-state index in [1.165, 1.54) is 19.3 Å². The molecule has 0 aliphatic heterocycles. The zero-order chi connectivity index (χ0) is 14.8. The van der Waals surface area contributed by atoms with Crippen LogP contribution in [0.4, 0.5) is 0 Å². The van der Waals surface area contributed by atoms with Crippen molar-refractivity contribution in [3.8, 4) is 0 Å². The van der Waals surface area contributed by atoms with E-state index in [0.717, 1.165) is 15.1 Å². The Morgan fingerprint density at radius 1 is 1.43 bits per heavy atom. The molecule has 1 N–H and O–H groups in total. The summed E-state index contributed by atoms with van der Waals surface area (Å²) in [5, 5.41) is 4.55. The molecule has 1 aromatic heterocycles. The maximum absolute atomic E-state index is 6.36. The standard InChI is InChI=1S/C16H19BrClN3/c1-11(13-6-5-12(17)9-14(13)18)20-15-3-2-4-16(15)21-8-7-19-10-21/h5-11,15-16,20H,2-4H2,1H3. The summed E-state index contributed by atoms with van der Waals surface area (Å²) in [6, 6.07) is 7.28. The third-order valence-corrected chi connectivity index (χ3v) is 5.10. The van der Waals surface area contributed by atoms with Gasteiger partial charge in [-0.2, -0.15) is 0 Å². The number of benzene rings is 1. The summed E-state index contributed by atoms with van der Waals surface area (Å²) in [6.45, 7) is 2.18. The van der Waals surface area contributed by atoms with Crippen LogP contribution in [0, 0.1) is 0 Å². The van der Waals surface area contributed by atoms with Gasteiger partial charge in [0.1, 0.15) is 0 Å². The first-order valence-corrected chi connectivity index (χ1v) is 8.50. The monoisotopic (exact) mass is 367 g/mol. The number of aromatic nitrogens is 2. The molecule has 1 aliphatic rings. The van der Waals surface area contributed by atoms with Crippen LogP contribution in [0.25, 0.3) is 0 Å². The van der Waals surface area contributed by atoms with Crippen LogP contribution in [0.5, 0.6) is 0 Å². The summed E-state index contributed by atoms with van der Waals surface area (Å²) in [6.07, 6.45) is 9.48. The van der Waals surface area contributed by atoms with Gasteiger partial charge in [0.2, 0.25) is 0 Å². The quantitative estimate of drug-likeness (QED) is 0.844. The number of halogens is 2. The maximum Gasteiger partial charge on any atom is 0.0949 e. The van der Waals surface area contributed by atoms with E-state index in [1.54, 1.807) is 0 Å². The molecule has 3 nitrogen and oxygen atoms in total. The van der Waals surface area contributed by atoms with Crippen molar-refractivity contribution in [1.29, 1.82) is 0 Å². The molecule has 112 valence electrons. The van der Waals surface area contributed by atoms with Gasteiger partial charge in [-0.15, -0.1) is 0 Å². The van der Waals surface area contributed by atoms with Crippen LogP contribution < -0.4 is 5.32 Å². The van der Waals surface area contributed by atoms with Crippen molar-refractivity contribution in [2.75, 3.05) is 0 Å². The number of hydrogen-bond donors (Lipinski definition) is 1. The van der Waals surface area contributed by atoms with E-state index in [1.807, 2.05) is 24.7 Å². The van der Waals surface area contributed by atoms with E-state index in [2.05, 4.69) is 50.0 Å². The third kappa shape index (κ3) is 3.33. The predicted octanol–water partition coefficient (Wildman–Crippen LogP) is 4.74. The van der Waals surface area contributed by atoms with E-state index in [0.29, 0.717) is 12.1 Å². The number of imidazole rings is 1. The lowest BCUT2D eigenvalue weighted by Crippen LogP contribution is -2.35. The van der Waals surface area contributed by atoms with Gasteiger partial charge in [-0.25, -0.2) is 4.98 Å². The van der Waals surface area contributed by atoms with Crippen molar-refractivity contribution in [3.05, 3.63) is 52.0 Å². The fraction of sp³-hybridized carbons (Fsp3) is 0.438. The van der Waals surface area contributed by atoms with E-state index < -0.39 is 0 Å². The van der Waals surface area contributed by atoms with Gasteiger partial charge in [0.05, 0.1) is 6.33 Å². The second-order valence-corrected chi connectivity index (χ2v) is 6.99. The normalized spacial score (nSPS) is 23.4. The van der Waals surface area contributed by atoms with Crippen LogP contribution >= 0.6 is 27.5 Å². The summed E-state index contributed by atoms with van der Waals surface area (Å²) >= 11 is 9.81. The van der Waals surface area contributed by atoms with Gasteiger partial charge in [-0.3, -0.25) is 0 Å². The average Bonchev–Trinajstić information content (AvgIpc) is 3.08. The molecule has 0 saturated heterocycles. The molecular weight excluding hydrogens is 350 g/mol. The van der Waals surface area contributed by atoms with Crippen molar-refractivity contribution in [3.63, 3.8) is 0 Å². The Morgan fingerprint density at radius 3 is 3.00 bits per heavy atom. The average molecular weight is 369 g/mol. The van der Waals surface area contributed by atoms with Gasteiger partial charge < -0.3 is 9.88 Å². The lowest BCUT2D eigenvalue weighted by molar-refractivity contribution is 0.362. The fourth-order valence-electron chi connectivity index (χ4n) is 3.22. The number of hydrogen-bond acceptors (Lipinski definition) is 2. The molecule has 1 fully saturated rings. The Balaban J connectivity index is 1.73. The zero-order valence-electron chi connectivity index (χ0n) is 12.0. The zero-order valence-corrected chi connectivity index (χ0v) is 14.3. The highest BCUT2D eigenvalue weighted by molar-refractivity contribution is 9.10. The molecule has 1 aliphatic carbocycles. The Morgan fingerprint density at radius 2 is 2.29 bits per heavy atom. The van der Waals surface area contributed by atoms with E-state index in [4.69, 9.17) is 11.6 Å². The van der Waals surface area contributed by atoms with Crippen LogP contribution in [-0.2, 0) is 0 Å². The SMILES string of the molecule is CC(NC1CCCC1n1ccnc1)c1ccc(Br)cc1Cl. The second kappa shape index (κ2) is 6.51. The largest absolute Gasteiger partial charge is 0.333 e. The number of nitrogens with one attached hydrogen (secondary N) is 1. The Kier molecular flexibility index (Phi) is 4.67. The van der Waals surface area contributed by atoms with Crippen LogP contribution in [0.15, 0.2) is 41.4 Å². The molecule has 2 aromatic rings. The van der Waals surface area contributed by atoms with E-state index >= 15 is 0 Å². The Bertz CT molecular complexity index is 600. The molecule has 0 amide bonds. The van der Waals surface area contributed by atoms with Gasteiger partial charge in [0.15, 0.2) is 0 Å². The molecule has 5 heteroatoms. The second-order valence-electron chi connectivity index (χ2n) is 5.67. The molecule has 0 bridgehead atoms. The summed E-state index contributed by atoms with van der Waals surface area (Å²) in [4.78, 5) is 4.17. The highest BCUT2D eigenvalue weighted by Gasteiger charge is 2.29. The van der Waals surface area contributed by atoms with Crippen molar-refractivity contribution in [2.45, 2.75) is 44.3 Å². The molecule has 3 rings (SSSR count). The number of nitrogens with zero attached hydrogens (tertiary/aromatic N) is 2. The van der Waals surface area contributed by atoms with Gasteiger partial charge in [0.25, 0.3) is 0 Å². The lowest BCUT2D eigenvalue weighted by Gasteiger charge is -2.26. The summed E-state index contributed by atoms with van der Waals surface area (Å²) in [5.74, 6) is 0. The Labute approximate surface area is 138 Å². The predicted molar refractivity (Wildman–Crippen MR) is 89.6 cm³/mol. The molecule has 1 saturated carbocycles. The first-order valence-electron chi connectivity index (χ1n) is 7.33. The minimum atomic E-state index is 0.236. The third-order valence-electron chi connectivity index (χ3n) is 4.28. The van der Waals surface area contributed by atoms with Gasteiger partial charge in [-0.05, 0) is 43.9 Å². The molecule has 1 heterocycles. The smallest absolute Gasteiger partial charge is 0.0949 e. The van der Waals surface area contributed by atoms with E-state index in [-0.39, 0.29) is 6.04 Å². The maximum atomic E-state index is 6.36. The van der Waals surface area contributed by atoms with E-state index in [9.17, 15) is 0 Å². The van der Waals surface area contributed by atoms with Crippen LogP contribution in [0.3, 0.4) is 0 Å². The van der Waals surface area contributed by atoms with Crippen molar-refractivity contribution in [2.24, 2.45) is 0 Å². The lowest BCUT2D eigenvalue weighted by atomic mass is 10.1. The van der Waals surface area contributed by atoms with Gasteiger partial charge in [0, 0.05) is 40.0 Å². The summed E-state index contributed by atoms with van der Waals surface area (Å²) in [5.41, 5.74) is 1.15. The fourth-order valence-corrected chi connectivity index (χ4v) is 4.06. The molecule has 3 unspecified atom stereocenters. The number of rotatable bonds is 4. The topological polar surface area (TPSA) is 29.9 Å². The molecule has 1 aromatic carbocycles. The van der Waals surface area contributed by atoms with Crippen LogP contribution in [0.2, 0.25) is 5.02 Å². The van der Waals surface area contributed by atoms with Gasteiger partial charge >= 0.3 is 0 Å². The Hall–Kier alpha value is -0.840.